The first kappa shape index (κ1) is 22.2. The lowest BCUT2D eigenvalue weighted by atomic mass is 9.94. The van der Waals surface area contributed by atoms with Crippen molar-refractivity contribution in [3.05, 3.63) is 45.9 Å². The molecule has 2 aliphatic heterocycles. The zero-order valence-corrected chi connectivity index (χ0v) is 19.5. The van der Waals surface area contributed by atoms with E-state index in [0.29, 0.717) is 6.04 Å². The number of hydrogen-bond acceptors (Lipinski definition) is 6. The summed E-state index contributed by atoms with van der Waals surface area (Å²) in [7, 11) is 1.71. The van der Waals surface area contributed by atoms with Gasteiger partial charge in [-0.3, -0.25) is 14.6 Å². The Bertz CT molecular complexity index is 855. The normalized spacial score (nSPS) is 19.4. The number of hydrogen-bond donors (Lipinski definition) is 1. The molecule has 6 nitrogen and oxygen atoms in total. The summed E-state index contributed by atoms with van der Waals surface area (Å²) in [5.41, 5.74) is 2.44. The molecule has 3 heterocycles. The van der Waals surface area contributed by atoms with Gasteiger partial charge in [0.15, 0.2) is 0 Å². The molecule has 168 valence electrons. The third kappa shape index (κ3) is 6.28. The number of methoxy groups -OCH3 is 1. The van der Waals surface area contributed by atoms with Crippen molar-refractivity contribution in [2.75, 3.05) is 33.3 Å². The van der Waals surface area contributed by atoms with Crippen LogP contribution in [0.4, 0.5) is 0 Å². The predicted molar refractivity (Wildman–Crippen MR) is 124 cm³/mol. The quantitative estimate of drug-likeness (QED) is 0.712. The Morgan fingerprint density at radius 2 is 1.84 bits per heavy atom. The van der Waals surface area contributed by atoms with Crippen molar-refractivity contribution in [1.82, 2.24) is 20.1 Å². The highest BCUT2D eigenvalue weighted by molar-refractivity contribution is 7.09. The molecule has 0 aliphatic carbocycles. The summed E-state index contributed by atoms with van der Waals surface area (Å²) < 4.78 is 5.33. The van der Waals surface area contributed by atoms with Gasteiger partial charge in [0.2, 0.25) is 5.91 Å². The zero-order chi connectivity index (χ0) is 21.6. The molecule has 1 aromatic carbocycles. The van der Waals surface area contributed by atoms with Gasteiger partial charge in [0, 0.05) is 43.5 Å². The first-order chi connectivity index (χ1) is 15.1. The van der Waals surface area contributed by atoms with Crippen LogP contribution in [0.15, 0.2) is 29.6 Å². The maximum absolute atomic E-state index is 12.8. The number of likely N-dealkylation sites (tertiary alicyclic amines) is 2. The van der Waals surface area contributed by atoms with Crippen molar-refractivity contribution in [2.45, 2.75) is 51.7 Å². The third-order valence-corrected chi connectivity index (χ3v) is 7.31. The van der Waals surface area contributed by atoms with Gasteiger partial charge in [0.25, 0.3) is 0 Å². The number of thiazole rings is 1. The van der Waals surface area contributed by atoms with Gasteiger partial charge in [-0.2, -0.15) is 0 Å². The monoisotopic (exact) mass is 442 g/mol. The van der Waals surface area contributed by atoms with Gasteiger partial charge in [0.1, 0.15) is 5.75 Å². The number of nitrogens with one attached hydrogen (secondary N) is 1. The Labute approximate surface area is 189 Å². The minimum Gasteiger partial charge on any atom is -0.497 e. The number of aromatic nitrogens is 1. The van der Waals surface area contributed by atoms with Gasteiger partial charge in [0.05, 0.1) is 17.8 Å². The molecule has 2 aliphatic rings. The van der Waals surface area contributed by atoms with E-state index in [2.05, 4.69) is 37.6 Å². The molecule has 0 radical (unpaired) electrons. The van der Waals surface area contributed by atoms with Crippen molar-refractivity contribution in [2.24, 2.45) is 5.92 Å². The summed E-state index contributed by atoms with van der Waals surface area (Å²) in [4.78, 5) is 22.3. The summed E-state index contributed by atoms with van der Waals surface area (Å²) in [6.45, 7) is 7.90. The van der Waals surface area contributed by atoms with Gasteiger partial charge in [-0.25, -0.2) is 4.98 Å². The molecule has 2 saturated heterocycles. The molecule has 1 aromatic heterocycles. The smallest absolute Gasteiger partial charge is 0.223 e. The van der Waals surface area contributed by atoms with E-state index >= 15 is 0 Å². The number of amides is 1. The first-order valence-electron chi connectivity index (χ1n) is 11.4. The lowest BCUT2D eigenvalue weighted by Gasteiger charge is -2.35. The van der Waals surface area contributed by atoms with Crippen molar-refractivity contribution in [3.8, 4) is 5.75 Å². The number of rotatable bonds is 7. The maximum Gasteiger partial charge on any atom is 0.223 e. The van der Waals surface area contributed by atoms with Crippen LogP contribution in [0.25, 0.3) is 0 Å². The van der Waals surface area contributed by atoms with Crippen LogP contribution in [0, 0.1) is 12.8 Å². The van der Waals surface area contributed by atoms with Gasteiger partial charge in [-0.1, -0.05) is 12.1 Å². The number of piperidine rings is 2. The number of carbonyl (C=O) groups excluding carboxylic acids is 1. The van der Waals surface area contributed by atoms with Crippen LogP contribution in [-0.4, -0.2) is 60.0 Å². The third-order valence-electron chi connectivity index (χ3n) is 6.48. The number of nitrogens with zero attached hydrogens (tertiary/aromatic N) is 3. The SMILES string of the molecule is COc1cccc(CN2CCC(NC(=O)C3CCN(Cc4csc(C)n4)CC3)CC2)c1. The van der Waals surface area contributed by atoms with Crippen LogP contribution in [0.5, 0.6) is 5.75 Å². The standard InChI is InChI=1S/C24H34N4O2S/c1-18-25-22(17-31-18)16-28-10-6-20(7-11-28)24(29)26-21-8-12-27(13-9-21)15-19-4-3-5-23(14-19)30-2/h3-5,14,17,20-21H,6-13,15-16H2,1-2H3,(H,26,29). The molecular weight excluding hydrogens is 408 g/mol. The summed E-state index contributed by atoms with van der Waals surface area (Å²) in [6, 6.07) is 8.60. The highest BCUT2D eigenvalue weighted by atomic mass is 32.1. The largest absolute Gasteiger partial charge is 0.497 e. The zero-order valence-electron chi connectivity index (χ0n) is 18.7. The summed E-state index contributed by atoms with van der Waals surface area (Å²) in [5.74, 6) is 1.33. The minimum absolute atomic E-state index is 0.156. The van der Waals surface area contributed by atoms with E-state index in [1.807, 2.05) is 19.1 Å². The Balaban J connectivity index is 1.16. The van der Waals surface area contributed by atoms with Crippen molar-refractivity contribution in [3.63, 3.8) is 0 Å². The average Bonchev–Trinajstić information content (AvgIpc) is 3.20. The molecule has 0 unspecified atom stereocenters. The Kier molecular flexibility index (Phi) is 7.58. The second-order valence-electron chi connectivity index (χ2n) is 8.82. The summed E-state index contributed by atoms with van der Waals surface area (Å²) in [6.07, 6.45) is 3.95. The average molecular weight is 443 g/mol. The van der Waals surface area contributed by atoms with Crippen molar-refractivity contribution < 1.29 is 9.53 Å². The van der Waals surface area contributed by atoms with Crippen LogP contribution in [-0.2, 0) is 17.9 Å². The highest BCUT2D eigenvalue weighted by Gasteiger charge is 2.28. The van der Waals surface area contributed by atoms with E-state index in [0.717, 1.165) is 81.4 Å². The molecule has 31 heavy (non-hydrogen) atoms. The molecule has 2 aromatic rings. The predicted octanol–water partition coefficient (Wildman–Crippen LogP) is 3.45. The molecule has 2 fully saturated rings. The number of aryl methyl sites for hydroxylation is 1. The fourth-order valence-corrected chi connectivity index (χ4v) is 5.25. The van der Waals surface area contributed by atoms with Crippen molar-refractivity contribution >= 4 is 17.2 Å². The summed E-state index contributed by atoms with van der Waals surface area (Å²) in [5, 5.41) is 6.62. The summed E-state index contributed by atoms with van der Waals surface area (Å²) >= 11 is 1.71. The second-order valence-corrected chi connectivity index (χ2v) is 9.88. The molecule has 7 heteroatoms. The lowest BCUT2D eigenvalue weighted by Crippen LogP contribution is -2.47. The molecule has 0 saturated carbocycles. The molecular formula is C24H34N4O2S. The number of carbonyl (C=O) groups is 1. The van der Waals surface area contributed by atoms with E-state index in [1.54, 1.807) is 18.4 Å². The molecule has 0 spiro atoms. The van der Waals surface area contributed by atoms with E-state index < -0.39 is 0 Å². The fraction of sp³-hybridized carbons (Fsp3) is 0.583. The first-order valence-corrected chi connectivity index (χ1v) is 12.3. The van der Waals surface area contributed by atoms with Crippen LogP contribution < -0.4 is 10.1 Å². The van der Waals surface area contributed by atoms with E-state index in [4.69, 9.17) is 4.74 Å². The van der Waals surface area contributed by atoms with E-state index in [-0.39, 0.29) is 11.8 Å². The van der Waals surface area contributed by atoms with Crippen LogP contribution in [0.2, 0.25) is 0 Å². The molecule has 4 rings (SSSR count). The minimum atomic E-state index is 0.156. The molecule has 1 amide bonds. The number of benzene rings is 1. The molecule has 0 atom stereocenters. The van der Waals surface area contributed by atoms with Gasteiger partial charge < -0.3 is 10.1 Å². The second kappa shape index (κ2) is 10.6. The Morgan fingerprint density at radius 3 is 2.52 bits per heavy atom. The fourth-order valence-electron chi connectivity index (χ4n) is 4.65. The lowest BCUT2D eigenvalue weighted by molar-refractivity contribution is -0.127. The van der Waals surface area contributed by atoms with Gasteiger partial charge in [-0.05, 0) is 63.4 Å². The number of ether oxygens (including phenoxy) is 1. The van der Waals surface area contributed by atoms with E-state index in [9.17, 15) is 4.79 Å². The van der Waals surface area contributed by atoms with Crippen LogP contribution >= 0.6 is 11.3 Å². The van der Waals surface area contributed by atoms with Crippen LogP contribution in [0.3, 0.4) is 0 Å². The van der Waals surface area contributed by atoms with Gasteiger partial charge >= 0.3 is 0 Å². The highest BCUT2D eigenvalue weighted by Crippen LogP contribution is 2.22. The molecule has 0 bridgehead atoms. The Hall–Kier alpha value is -1.96. The topological polar surface area (TPSA) is 57.7 Å². The molecule has 1 N–H and O–H groups in total. The maximum atomic E-state index is 12.8. The van der Waals surface area contributed by atoms with E-state index in [1.165, 1.54) is 5.56 Å². The van der Waals surface area contributed by atoms with Crippen LogP contribution in [0.1, 0.15) is 41.9 Å². The van der Waals surface area contributed by atoms with Gasteiger partial charge in [-0.15, -0.1) is 11.3 Å². The van der Waals surface area contributed by atoms with Crippen molar-refractivity contribution in [1.29, 1.82) is 0 Å². The Morgan fingerprint density at radius 1 is 1.13 bits per heavy atom.